The fourth-order valence-electron chi connectivity index (χ4n) is 3.30. The lowest BCUT2D eigenvalue weighted by molar-refractivity contribution is -0.383. The maximum Gasteiger partial charge on any atom is 0.355 e. The van der Waals surface area contributed by atoms with Crippen molar-refractivity contribution in [1.82, 2.24) is 20.4 Å². The van der Waals surface area contributed by atoms with E-state index < -0.39 is 16.5 Å². The van der Waals surface area contributed by atoms with Crippen LogP contribution in [0.4, 0.5) is 23.1 Å². The molecule has 2 aromatic carbocycles. The van der Waals surface area contributed by atoms with Gasteiger partial charge in [0.15, 0.2) is 0 Å². The Kier molecular flexibility index (Phi) is 7.07. The number of hydrogen-bond donors (Lipinski definition) is 2. The van der Waals surface area contributed by atoms with Gasteiger partial charge in [0.2, 0.25) is 11.6 Å². The molecule has 2 heterocycles. The van der Waals surface area contributed by atoms with E-state index in [1.54, 1.807) is 53.6 Å². The van der Waals surface area contributed by atoms with Crippen LogP contribution < -0.4 is 20.5 Å². The highest BCUT2D eigenvalue weighted by molar-refractivity contribution is 5.95. The first-order valence-corrected chi connectivity index (χ1v) is 10.5. The van der Waals surface area contributed by atoms with E-state index in [0.717, 1.165) is 5.56 Å². The van der Waals surface area contributed by atoms with Gasteiger partial charge in [0.25, 0.3) is 5.91 Å². The van der Waals surface area contributed by atoms with Crippen LogP contribution in [0.15, 0.2) is 85.3 Å². The molecule has 176 valence electrons. The summed E-state index contributed by atoms with van der Waals surface area (Å²) in [4.78, 5) is 38.2. The van der Waals surface area contributed by atoms with Crippen LogP contribution in [-0.2, 0) is 6.54 Å². The van der Waals surface area contributed by atoms with Gasteiger partial charge in [0, 0.05) is 11.8 Å². The summed E-state index contributed by atoms with van der Waals surface area (Å²) in [5.41, 5.74) is 5.82. The number of amides is 1. The fraction of sp³-hybridized carbons (Fsp3) is 0.0833. The molecule has 0 unspecified atom stereocenters. The van der Waals surface area contributed by atoms with E-state index in [2.05, 4.69) is 25.8 Å². The van der Waals surface area contributed by atoms with Crippen molar-refractivity contribution in [2.75, 3.05) is 17.4 Å². The third kappa shape index (κ3) is 5.47. The summed E-state index contributed by atoms with van der Waals surface area (Å²) in [6.07, 6.45) is 2.78. The zero-order chi connectivity index (χ0) is 24.6. The lowest BCUT2D eigenvalue weighted by atomic mass is 10.2. The van der Waals surface area contributed by atoms with E-state index in [-0.39, 0.29) is 18.2 Å². The summed E-state index contributed by atoms with van der Waals surface area (Å²) < 4.78 is 5.09. The first kappa shape index (κ1) is 23.1. The maximum atomic E-state index is 12.5. The van der Waals surface area contributed by atoms with Crippen LogP contribution >= 0.6 is 0 Å². The molecular formula is C24H21N7O4. The van der Waals surface area contributed by atoms with E-state index in [1.807, 2.05) is 30.3 Å². The highest BCUT2D eigenvalue weighted by Gasteiger charge is 2.29. The molecule has 0 aliphatic rings. The van der Waals surface area contributed by atoms with Gasteiger partial charge in [-0.3, -0.25) is 25.8 Å². The first-order chi connectivity index (χ1) is 17.1. The van der Waals surface area contributed by atoms with Gasteiger partial charge < -0.3 is 9.64 Å². The van der Waals surface area contributed by atoms with E-state index in [0.29, 0.717) is 17.1 Å². The number of carbonyl (C=O) groups excluding carboxylic acids is 1. The predicted molar refractivity (Wildman–Crippen MR) is 129 cm³/mol. The van der Waals surface area contributed by atoms with Crippen molar-refractivity contribution in [3.05, 3.63) is 107 Å². The summed E-state index contributed by atoms with van der Waals surface area (Å²) in [5, 5.41) is 12.1. The van der Waals surface area contributed by atoms with Crippen molar-refractivity contribution >= 4 is 29.0 Å². The smallest absolute Gasteiger partial charge is 0.355 e. The van der Waals surface area contributed by atoms with Gasteiger partial charge in [-0.2, -0.15) is 0 Å². The Morgan fingerprint density at radius 3 is 2.40 bits per heavy atom. The van der Waals surface area contributed by atoms with Crippen LogP contribution in [0.1, 0.15) is 15.9 Å². The highest BCUT2D eigenvalue weighted by Crippen LogP contribution is 2.35. The molecule has 0 atom stereocenters. The predicted octanol–water partition coefficient (Wildman–Crippen LogP) is 3.88. The van der Waals surface area contributed by atoms with Crippen molar-refractivity contribution in [2.45, 2.75) is 6.54 Å². The number of rotatable bonds is 9. The van der Waals surface area contributed by atoms with Crippen LogP contribution in [0, 0.1) is 10.1 Å². The minimum Gasteiger partial charge on any atom is -0.497 e. The molecule has 0 aliphatic carbocycles. The standard InChI is InChI=1S/C24H21N7O4/c1-35-19-12-10-18(11-13-19)24(32)29-28-22-21(31(33)34)23(27-16-26-22)30(20-9-5-6-14-25-20)15-17-7-3-2-4-8-17/h2-14,16H,15H2,1H3,(H,29,32)(H,26,27,28). The molecule has 4 aromatic rings. The molecule has 4 rings (SSSR count). The lowest BCUT2D eigenvalue weighted by Crippen LogP contribution is -2.30. The van der Waals surface area contributed by atoms with Crippen LogP contribution in [0.2, 0.25) is 0 Å². The SMILES string of the molecule is COc1ccc(C(=O)NNc2ncnc(N(Cc3ccccc3)c3ccccn3)c2[N+](=O)[O-])cc1. The number of methoxy groups -OCH3 is 1. The molecule has 0 radical (unpaired) electrons. The van der Waals surface area contributed by atoms with Gasteiger partial charge >= 0.3 is 5.69 Å². The second-order valence-corrected chi connectivity index (χ2v) is 7.22. The number of carbonyl (C=O) groups is 1. The first-order valence-electron chi connectivity index (χ1n) is 10.5. The van der Waals surface area contributed by atoms with Gasteiger partial charge in [-0.25, -0.2) is 15.0 Å². The van der Waals surface area contributed by atoms with E-state index in [1.165, 1.54) is 13.4 Å². The van der Waals surface area contributed by atoms with Crippen LogP contribution in [-0.4, -0.2) is 32.9 Å². The number of pyridine rings is 1. The van der Waals surface area contributed by atoms with Crippen LogP contribution in [0.5, 0.6) is 5.75 Å². The summed E-state index contributed by atoms with van der Waals surface area (Å²) in [5.74, 6) is 0.405. The average molecular weight is 471 g/mol. The largest absolute Gasteiger partial charge is 0.497 e. The number of hydrogen-bond acceptors (Lipinski definition) is 9. The molecule has 2 aromatic heterocycles. The number of benzene rings is 2. The van der Waals surface area contributed by atoms with Crippen LogP contribution in [0.25, 0.3) is 0 Å². The Hall–Kier alpha value is -5.06. The number of nitrogens with one attached hydrogen (secondary N) is 2. The minimum absolute atomic E-state index is 0.0220. The Morgan fingerprint density at radius 2 is 1.74 bits per heavy atom. The molecular weight excluding hydrogens is 450 g/mol. The molecule has 35 heavy (non-hydrogen) atoms. The normalized spacial score (nSPS) is 10.3. The zero-order valence-corrected chi connectivity index (χ0v) is 18.7. The fourth-order valence-corrected chi connectivity index (χ4v) is 3.30. The van der Waals surface area contributed by atoms with Gasteiger partial charge in [-0.15, -0.1) is 0 Å². The molecule has 0 bridgehead atoms. The summed E-state index contributed by atoms with van der Waals surface area (Å²) in [7, 11) is 1.52. The number of ether oxygens (including phenoxy) is 1. The van der Waals surface area contributed by atoms with Gasteiger partial charge in [-0.05, 0) is 42.0 Å². The minimum atomic E-state index is -0.599. The molecule has 1 amide bonds. The van der Waals surface area contributed by atoms with Gasteiger partial charge in [-0.1, -0.05) is 36.4 Å². The number of nitro groups is 1. The van der Waals surface area contributed by atoms with Crippen molar-refractivity contribution in [3.63, 3.8) is 0 Å². The van der Waals surface area contributed by atoms with Gasteiger partial charge in [0.1, 0.15) is 17.9 Å². The summed E-state index contributed by atoms with van der Waals surface area (Å²) in [6.45, 7) is 0.271. The third-order valence-electron chi connectivity index (χ3n) is 5.00. The quantitative estimate of drug-likeness (QED) is 0.275. The number of nitrogens with zero attached hydrogens (tertiary/aromatic N) is 5. The van der Waals surface area contributed by atoms with E-state index in [9.17, 15) is 14.9 Å². The topological polar surface area (TPSA) is 135 Å². The summed E-state index contributed by atoms with van der Waals surface area (Å²) >= 11 is 0. The maximum absolute atomic E-state index is 12.5. The number of aromatic nitrogens is 3. The van der Waals surface area contributed by atoms with Crippen molar-refractivity contribution in [2.24, 2.45) is 0 Å². The van der Waals surface area contributed by atoms with Crippen molar-refractivity contribution in [1.29, 1.82) is 0 Å². The Bertz CT molecular complexity index is 1300. The average Bonchev–Trinajstić information content (AvgIpc) is 2.91. The Morgan fingerprint density at radius 1 is 1.00 bits per heavy atom. The van der Waals surface area contributed by atoms with Crippen molar-refractivity contribution < 1.29 is 14.5 Å². The molecule has 11 heteroatoms. The Balaban J connectivity index is 1.66. The Labute approximate surface area is 200 Å². The molecule has 0 saturated heterocycles. The third-order valence-corrected chi connectivity index (χ3v) is 5.00. The molecule has 2 N–H and O–H groups in total. The lowest BCUT2D eigenvalue weighted by Gasteiger charge is -2.23. The second-order valence-electron chi connectivity index (χ2n) is 7.22. The molecule has 11 nitrogen and oxygen atoms in total. The van der Waals surface area contributed by atoms with E-state index in [4.69, 9.17) is 4.74 Å². The van der Waals surface area contributed by atoms with Crippen LogP contribution in [0.3, 0.4) is 0 Å². The molecule has 0 fully saturated rings. The van der Waals surface area contributed by atoms with E-state index >= 15 is 0 Å². The molecule has 0 spiro atoms. The number of hydrazine groups is 1. The zero-order valence-electron chi connectivity index (χ0n) is 18.7. The molecule has 0 aliphatic heterocycles. The van der Waals surface area contributed by atoms with Crippen molar-refractivity contribution in [3.8, 4) is 5.75 Å². The number of anilines is 3. The monoisotopic (exact) mass is 471 g/mol. The van der Waals surface area contributed by atoms with Gasteiger partial charge in [0.05, 0.1) is 18.6 Å². The molecule has 0 saturated carbocycles. The second kappa shape index (κ2) is 10.7. The summed E-state index contributed by atoms with van der Waals surface area (Å²) in [6, 6.07) is 21.1. The highest BCUT2D eigenvalue weighted by atomic mass is 16.6.